The van der Waals surface area contributed by atoms with Crippen LogP contribution in [0.15, 0.2) is 40.2 Å². The standard InChI is InChI=1S/C17H15F5N4O2S2/c18-11-2-1-8(16(21)22)3-10(11)17(23)25-9-4-12(19)15(13(20)5-9)30(27,28)26-14-6-29-7-24-14/h1-5,7,14,16-17,25-26H,6,23H2/t14?,17-/m1/s1. The van der Waals surface area contributed by atoms with Crippen molar-refractivity contribution < 1.29 is 30.4 Å². The van der Waals surface area contributed by atoms with Crippen LogP contribution in [0.3, 0.4) is 0 Å². The van der Waals surface area contributed by atoms with Gasteiger partial charge in [0.25, 0.3) is 6.43 Å². The number of nitrogens with one attached hydrogen (secondary N) is 2. The van der Waals surface area contributed by atoms with Crippen molar-refractivity contribution in [3.05, 3.63) is 58.9 Å². The Bertz CT molecular complexity index is 1060. The fraction of sp³-hybridized carbons (Fsp3) is 0.235. The molecule has 3 rings (SSSR count). The second-order valence-electron chi connectivity index (χ2n) is 6.20. The van der Waals surface area contributed by atoms with Crippen LogP contribution in [0.25, 0.3) is 0 Å². The minimum Gasteiger partial charge on any atom is -0.366 e. The highest BCUT2D eigenvalue weighted by Crippen LogP contribution is 2.28. The van der Waals surface area contributed by atoms with Gasteiger partial charge in [-0.2, -0.15) is 4.72 Å². The maximum Gasteiger partial charge on any atom is 0.263 e. The molecular formula is C17H15F5N4O2S2. The molecule has 1 aliphatic heterocycles. The highest BCUT2D eigenvalue weighted by atomic mass is 32.2. The molecule has 6 nitrogen and oxygen atoms in total. The van der Waals surface area contributed by atoms with Crippen LogP contribution in [0.4, 0.5) is 27.6 Å². The van der Waals surface area contributed by atoms with Crippen LogP contribution in [0.1, 0.15) is 23.7 Å². The fourth-order valence-electron chi connectivity index (χ4n) is 2.69. The number of thioether (sulfide) groups is 1. The summed E-state index contributed by atoms with van der Waals surface area (Å²) < 4.78 is 95.1. The Kier molecular flexibility index (Phi) is 6.65. The van der Waals surface area contributed by atoms with E-state index in [0.29, 0.717) is 12.1 Å². The van der Waals surface area contributed by atoms with E-state index < -0.39 is 56.7 Å². The van der Waals surface area contributed by atoms with Crippen LogP contribution >= 0.6 is 11.8 Å². The van der Waals surface area contributed by atoms with Gasteiger partial charge in [-0.25, -0.2) is 30.4 Å². The van der Waals surface area contributed by atoms with Gasteiger partial charge in [-0.1, -0.05) is 6.07 Å². The molecule has 30 heavy (non-hydrogen) atoms. The number of halogens is 5. The van der Waals surface area contributed by atoms with Crippen LogP contribution in [0.5, 0.6) is 0 Å². The Morgan fingerprint density at radius 1 is 1.10 bits per heavy atom. The molecule has 0 amide bonds. The molecule has 2 aromatic carbocycles. The van der Waals surface area contributed by atoms with Gasteiger partial charge in [-0.05, 0) is 24.3 Å². The molecule has 1 unspecified atom stereocenters. The van der Waals surface area contributed by atoms with Crippen molar-refractivity contribution >= 4 is 33.0 Å². The van der Waals surface area contributed by atoms with E-state index in [4.69, 9.17) is 5.73 Å². The number of sulfonamides is 1. The monoisotopic (exact) mass is 466 g/mol. The van der Waals surface area contributed by atoms with Crippen molar-refractivity contribution in [1.29, 1.82) is 0 Å². The van der Waals surface area contributed by atoms with E-state index in [1.807, 2.05) is 0 Å². The zero-order chi connectivity index (χ0) is 22.1. The van der Waals surface area contributed by atoms with Gasteiger partial charge in [0.1, 0.15) is 29.8 Å². The molecule has 2 aromatic rings. The summed E-state index contributed by atoms with van der Waals surface area (Å²) in [6.07, 6.45) is -5.16. The van der Waals surface area contributed by atoms with E-state index in [-0.39, 0.29) is 17.0 Å². The average Bonchev–Trinajstić information content (AvgIpc) is 3.13. The summed E-state index contributed by atoms with van der Waals surface area (Å²) in [6, 6.07) is 3.81. The lowest BCUT2D eigenvalue weighted by Crippen LogP contribution is -2.34. The number of alkyl halides is 2. The van der Waals surface area contributed by atoms with E-state index in [9.17, 15) is 30.4 Å². The van der Waals surface area contributed by atoms with Crippen molar-refractivity contribution in [2.45, 2.75) is 23.7 Å². The molecule has 0 saturated heterocycles. The van der Waals surface area contributed by atoms with Crippen LogP contribution in [0.2, 0.25) is 0 Å². The van der Waals surface area contributed by atoms with Crippen LogP contribution in [0, 0.1) is 17.5 Å². The van der Waals surface area contributed by atoms with Crippen molar-refractivity contribution in [1.82, 2.24) is 4.72 Å². The molecule has 0 radical (unpaired) electrons. The Labute approximate surface area is 172 Å². The summed E-state index contributed by atoms with van der Waals surface area (Å²) in [4.78, 5) is 2.60. The van der Waals surface area contributed by atoms with Gasteiger partial charge >= 0.3 is 0 Å². The third-order valence-corrected chi connectivity index (χ3v) is 6.35. The molecule has 0 aromatic heterocycles. The minimum atomic E-state index is -4.55. The van der Waals surface area contributed by atoms with Crippen molar-refractivity contribution in [3.63, 3.8) is 0 Å². The van der Waals surface area contributed by atoms with Crippen LogP contribution in [-0.4, -0.2) is 25.9 Å². The number of benzene rings is 2. The number of anilines is 1. The normalized spacial score (nSPS) is 17.5. The quantitative estimate of drug-likeness (QED) is 0.429. The van der Waals surface area contributed by atoms with Crippen LogP contribution in [-0.2, 0) is 10.0 Å². The molecule has 13 heteroatoms. The number of rotatable bonds is 7. The summed E-state index contributed by atoms with van der Waals surface area (Å²) in [5.74, 6) is -3.47. The number of aliphatic imine (C=N–C) groups is 1. The fourth-order valence-corrected chi connectivity index (χ4v) is 4.72. The molecule has 0 aliphatic carbocycles. The zero-order valence-corrected chi connectivity index (χ0v) is 16.6. The Morgan fingerprint density at radius 3 is 2.33 bits per heavy atom. The molecule has 0 bridgehead atoms. The highest BCUT2D eigenvalue weighted by Gasteiger charge is 2.28. The third kappa shape index (κ3) is 4.91. The maximum absolute atomic E-state index is 14.4. The van der Waals surface area contributed by atoms with E-state index in [1.165, 1.54) is 17.3 Å². The molecule has 2 atom stereocenters. The predicted octanol–water partition coefficient (Wildman–Crippen LogP) is 3.49. The molecule has 4 N–H and O–H groups in total. The number of hydrogen-bond acceptors (Lipinski definition) is 6. The summed E-state index contributed by atoms with van der Waals surface area (Å²) in [6.45, 7) is 0. The van der Waals surface area contributed by atoms with Gasteiger partial charge < -0.3 is 11.1 Å². The summed E-state index contributed by atoms with van der Waals surface area (Å²) in [5, 5.41) is 2.37. The van der Waals surface area contributed by atoms with Gasteiger partial charge in [0.15, 0.2) is 4.90 Å². The molecule has 0 saturated carbocycles. The Morgan fingerprint density at radius 2 is 1.77 bits per heavy atom. The SMILES string of the molecule is N[C@H](Nc1cc(F)c(S(=O)(=O)NC2CSC=N2)c(F)c1)c1cc(C(F)F)ccc1F. The first-order chi connectivity index (χ1) is 14.1. The van der Waals surface area contributed by atoms with Gasteiger partial charge in [-0.15, -0.1) is 11.8 Å². The van der Waals surface area contributed by atoms with E-state index >= 15 is 0 Å². The second-order valence-corrected chi connectivity index (χ2v) is 8.73. The highest BCUT2D eigenvalue weighted by molar-refractivity contribution is 8.12. The Hall–Kier alpha value is -2.22. The summed E-state index contributed by atoms with van der Waals surface area (Å²) >= 11 is 1.23. The minimum absolute atomic E-state index is 0.278. The van der Waals surface area contributed by atoms with Gasteiger partial charge in [0, 0.05) is 22.6 Å². The Balaban J connectivity index is 1.85. The lowest BCUT2D eigenvalue weighted by Gasteiger charge is -2.18. The van der Waals surface area contributed by atoms with Crippen molar-refractivity contribution in [2.75, 3.05) is 11.1 Å². The third-order valence-electron chi connectivity index (χ3n) is 4.06. The first-order valence-corrected chi connectivity index (χ1v) is 10.9. The van der Waals surface area contributed by atoms with E-state index in [0.717, 1.165) is 18.2 Å². The van der Waals surface area contributed by atoms with Gasteiger partial charge in [0.05, 0.1) is 5.55 Å². The summed E-state index contributed by atoms with van der Waals surface area (Å²) in [7, 11) is -4.55. The largest absolute Gasteiger partial charge is 0.366 e. The first-order valence-electron chi connectivity index (χ1n) is 8.32. The maximum atomic E-state index is 14.4. The smallest absolute Gasteiger partial charge is 0.263 e. The molecule has 0 fully saturated rings. The predicted molar refractivity (Wildman–Crippen MR) is 103 cm³/mol. The first kappa shape index (κ1) is 22.5. The van der Waals surface area contributed by atoms with Crippen molar-refractivity contribution in [3.8, 4) is 0 Å². The molecular weight excluding hydrogens is 451 g/mol. The molecule has 0 spiro atoms. The molecule has 1 heterocycles. The average molecular weight is 466 g/mol. The number of nitrogens with two attached hydrogens (primary N) is 1. The summed E-state index contributed by atoms with van der Waals surface area (Å²) in [5.41, 5.74) is 6.00. The van der Waals surface area contributed by atoms with Crippen LogP contribution < -0.4 is 15.8 Å². The number of nitrogens with zero attached hydrogens (tertiary/aromatic N) is 1. The van der Waals surface area contributed by atoms with Gasteiger partial charge in [-0.3, -0.25) is 4.99 Å². The van der Waals surface area contributed by atoms with Crippen molar-refractivity contribution in [2.24, 2.45) is 10.7 Å². The lowest BCUT2D eigenvalue weighted by atomic mass is 10.1. The second kappa shape index (κ2) is 8.88. The van der Waals surface area contributed by atoms with E-state index in [2.05, 4.69) is 15.0 Å². The lowest BCUT2D eigenvalue weighted by molar-refractivity contribution is 0.151. The zero-order valence-electron chi connectivity index (χ0n) is 15.0. The van der Waals surface area contributed by atoms with Gasteiger partial charge in [0.2, 0.25) is 10.0 Å². The topological polar surface area (TPSA) is 96.6 Å². The molecule has 162 valence electrons. The molecule has 1 aliphatic rings. The number of hydrogen-bond donors (Lipinski definition) is 3. The van der Waals surface area contributed by atoms with E-state index in [1.54, 1.807) is 0 Å².